The summed E-state index contributed by atoms with van der Waals surface area (Å²) >= 11 is 5.85. The lowest BCUT2D eigenvalue weighted by Crippen LogP contribution is -2.14. The molecule has 0 saturated carbocycles. The molecule has 6 nitrogen and oxygen atoms in total. The summed E-state index contributed by atoms with van der Waals surface area (Å²) in [4.78, 5) is 11.8. The molecule has 0 unspecified atom stereocenters. The maximum atomic E-state index is 11.8. The highest BCUT2D eigenvalue weighted by molar-refractivity contribution is 6.30. The number of anilines is 1. The number of benzene rings is 1. The topological polar surface area (TPSA) is 71.8 Å². The molecule has 1 aromatic carbocycles. The molecule has 0 aliphatic rings. The molecule has 2 N–H and O–H groups in total. The molecule has 0 atom stereocenters. The number of rotatable bonds is 6. The zero-order valence-electron chi connectivity index (χ0n) is 11.1. The highest BCUT2D eigenvalue weighted by Gasteiger charge is 2.05. The van der Waals surface area contributed by atoms with Crippen LogP contribution in [0.1, 0.15) is 12.1 Å². The van der Waals surface area contributed by atoms with Gasteiger partial charge in [-0.15, -0.1) is 5.10 Å². The van der Waals surface area contributed by atoms with Gasteiger partial charge in [-0.3, -0.25) is 9.48 Å². The Morgan fingerprint density at radius 3 is 3.05 bits per heavy atom. The first-order chi connectivity index (χ1) is 9.67. The summed E-state index contributed by atoms with van der Waals surface area (Å²) in [5.74, 6) is -0.0852. The summed E-state index contributed by atoms with van der Waals surface area (Å²) in [6, 6.07) is 7.06. The Labute approximate surface area is 122 Å². The van der Waals surface area contributed by atoms with Crippen molar-refractivity contribution < 1.29 is 4.79 Å². The van der Waals surface area contributed by atoms with Crippen molar-refractivity contribution in [1.82, 2.24) is 20.3 Å². The minimum Gasteiger partial charge on any atom is -0.326 e. The van der Waals surface area contributed by atoms with Crippen molar-refractivity contribution in [1.29, 1.82) is 0 Å². The van der Waals surface area contributed by atoms with Crippen molar-refractivity contribution in [3.8, 4) is 0 Å². The average Bonchev–Trinajstić information content (AvgIpc) is 2.85. The van der Waals surface area contributed by atoms with Crippen LogP contribution in [0, 0.1) is 0 Å². The van der Waals surface area contributed by atoms with Crippen molar-refractivity contribution in [2.75, 3.05) is 12.4 Å². The highest BCUT2D eigenvalue weighted by Crippen LogP contribution is 2.15. The molecule has 0 bridgehead atoms. The Kier molecular flexibility index (Phi) is 5.09. The molecule has 106 valence electrons. The van der Waals surface area contributed by atoms with Crippen molar-refractivity contribution in [2.24, 2.45) is 0 Å². The van der Waals surface area contributed by atoms with Crippen LogP contribution in [0.15, 0.2) is 30.5 Å². The van der Waals surface area contributed by atoms with E-state index in [4.69, 9.17) is 11.6 Å². The standard InChI is InChI=1S/C13H16ClN5O/c1-15-8-12-9-19(18-17-12)6-5-13(20)16-11-4-2-3-10(14)7-11/h2-4,7,9,15H,5-6,8H2,1H3,(H,16,20). The van der Waals surface area contributed by atoms with Gasteiger partial charge < -0.3 is 10.6 Å². The fourth-order valence-electron chi connectivity index (χ4n) is 1.72. The van der Waals surface area contributed by atoms with Crippen molar-refractivity contribution in [3.05, 3.63) is 41.2 Å². The molecule has 1 heterocycles. The van der Waals surface area contributed by atoms with Gasteiger partial charge in [0, 0.05) is 29.9 Å². The van der Waals surface area contributed by atoms with Crippen LogP contribution in [0.3, 0.4) is 0 Å². The van der Waals surface area contributed by atoms with Crippen molar-refractivity contribution >= 4 is 23.2 Å². The van der Waals surface area contributed by atoms with E-state index in [0.29, 0.717) is 30.2 Å². The van der Waals surface area contributed by atoms with Crippen LogP contribution in [0.5, 0.6) is 0 Å². The number of amides is 1. The summed E-state index contributed by atoms with van der Waals surface area (Å²) in [5, 5.41) is 14.3. The van der Waals surface area contributed by atoms with E-state index in [1.165, 1.54) is 0 Å². The van der Waals surface area contributed by atoms with Crippen LogP contribution >= 0.6 is 11.6 Å². The monoisotopic (exact) mass is 293 g/mol. The molecular formula is C13H16ClN5O. The number of nitrogens with zero attached hydrogens (tertiary/aromatic N) is 3. The third kappa shape index (κ3) is 4.32. The largest absolute Gasteiger partial charge is 0.326 e. The second kappa shape index (κ2) is 7.02. The summed E-state index contributed by atoms with van der Waals surface area (Å²) < 4.78 is 1.66. The number of aromatic nitrogens is 3. The predicted octanol–water partition coefficient (Wildman–Crippen LogP) is 1.68. The van der Waals surface area contributed by atoms with Crippen LogP contribution < -0.4 is 10.6 Å². The number of carbonyl (C=O) groups is 1. The molecular weight excluding hydrogens is 278 g/mol. The molecule has 0 fully saturated rings. The second-order valence-electron chi connectivity index (χ2n) is 4.31. The van der Waals surface area contributed by atoms with Crippen molar-refractivity contribution in [3.63, 3.8) is 0 Å². The van der Waals surface area contributed by atoms with E-state index in [-0.39, 0.29) is 5.91 Å². The Morgan fingerprint density at radius 2 is 2.30 bits per heavy atom. The van der Waals surface area contributed by atoms with Gasteiger partial charge in [-0.2, -0.15) is 0 Å². The van der Waals surface area contributed by atoms with Gasteiger partial charge in [-0.1, -0.05) is 22.9 Å². The minimum atomic E-state index is -0.0852. The quantitative estimate of drug-likeness (QED) is 0.850. The van der Waals surface area contributed by atoms with Crippen LogP contribution in [0.25, 0.3) is 0 Å². The number of halogens is 1. The lowest BCUT2D eigenvalue weighted by molar-refractivity contribution is -0.116. The Morgan fingerprint density at radius 1 is 1.45 bits per heavy atom. The minimum absolute atomic E-state index is 0.0852. The summed E-state index contributed by atoms with van der Waals surface area (Å²) in [6.45, 7) is 1.15. The molecule has 1 aromatic heterocycles. The maximum Gasteiger partial charge on any atom is 0.226 e. The van der Waals surface area contributed by atoms with Gasteiger partial charge in [0.05, 0.1) is 12.2 Å². The number of hydrogen-bond acceptors (Lipinski definition) is 4. The molecule has 7 heteroatoms. The first kappa shape index (κ1) is 14.5. The SMILES string of the molecule is CNCc1cn(CCC(=O)Nc2cccc(Cl)c2)nn1. The summed E-state index contributed by atoms with van der Waals surface area (Å²) in [7, 11) is 1.84. The molecule has 0 aliphatic carbocycles. The Bertz CT molecular complexity index is 584. The number of nitrogens with one attached hydrogen (secondary N) is 2. The lowest BCUT2D eigenvalue weighted by Gasteiger charge is -2.05. The number of aryl methyl sites for hydroxylation is 1. The zero-order valence-corrected chi connectivity index (χ0v) is 11.9. The van der Waals surface area contributed by atoms with Crippen LogP contribution in [0.4, 0.5) is 5.69 Å². The first-order valence-electron chi connectivity index (χ1n) is 6.26. The van der Waals surface area contributed by atoms with Crippen LogP contribution in [0.2, 0.25) is 5.02 Å². The number of carbonyl (C=O) groups excluding carboxylic acids is 1. The summed E-state index contributed by atoms with van der Waals surface area (Å²) in [5.41, 5.74) is 1.54. The number of hydrogen-bond donors (Lipinski definition) is 2. The molecule has 2 rings (SSSR count). The van der Waals surface area contributed by atoms with E-state index in [1.807, 2.05) is 13.2 Å². The van der Waals surface area contributed by atoms with E-state index in [2.05, 4.69) is 20.9 Å². The average molecular weight is 294 g/mol. The van der Waals surface area contributed by atoms with Gasteiger partial charge in [0.1, 0.15) is 0 Å². The Balaban J connectivity index is 1.82. The fraction of sp³-hybridized carbons (Fsp3) is 0.308. The molecule has 20 heavy (non-hydrogen) atoms. The second-order valence-corrected chi connectivity index (χ2v) is 4.75. The normalized spacial score (nSPS) is 10.5. The molecule has 0 radical (unpaired) electrons. The fourth-order valence-corrected chi connectivity index (χ4v) is 1.91. The van der Waals surface area contributed by atoms with Gasteiger partial charge >= 0.3 is 0 Å². The lowest BCUT2D eigenvalue weighted by atomic mass is 10.3. The van der Waals surface area contributed by atoms with E-state index in [9.17, 15) is 4.79 Å². The van der Waals surface area contributed by atoms with E-state index < -0.39 is 0 Å². The van der Waals surface area contributed by atoms with Gasteiger partial charge in [0.2, 0.25) is 5.91 Å². The van der Waals surface area contributed by atoms with Gasteiger partial charge in [0.25, 0.3) is 0 Å². The highest BCUT2D eigenvalue weighted by atomic mass is 35.5. The molecule has 2 aromatic rings. The van der Waals surface area contributed by atoms with Gasteiger partial charge in [-0.25, -0.2) is 0 Å². The van der Waals surface area contributed by atoms with Crippen LogP contribution in [-0.4, -0.2) is 27.9 Å². The zero-order chi connectivity index (χ0) is 14.4. The first-order valence-corrected chi connectivity index (χ1v) is 6.64. The molecule has 0 saturated heterocycles. The third-order valence-corrected chi connectivity index (χ3v) is 2.86. The van der Waals surface area contributed by atoms with Crippen LogP contribution in [-0.2, 0) is 17.9 Å². The van der Waals surface area contributed by atoms with E-state index in [0.717, 1.165) is 5.69 Å². The molecule has 0 spiro atoms. The van der Waals surface area contributed by atoms with Gasteiger partial charge in [-0.05, 0) is 25.2 Å². The van der Waals surface area contributed by atoms with E-state index >= 15 is 0 Å². The third-order valence-electron chi connectivity index (χ3n) is 2.62. The smallest absolute Gasteiger partial charge is 0.226 e. The summed E-state index contributed by atoms with van der Waals surface area (Å²) in [6.07, 6.45) is 2.15. The predicted molar refractivity (Wildman–Crippen MR) is 77.5 cm³/mol. The maximum absolute atomic E-state index is 11.8. The van der Waals surface area contributed by atoms with Gasteiger partial charge in [0.15, 0.2) is 0 Å². The molecule has 0 aliphatic heterocycles. The Hall–Kier alpha value is -1.92. The molecule has 1 amide bonds. The van der Waals surface area contributed by atoms with E-state index in [1.54, 1.807) is 28.9 Å². The van der Waals surface area contributed by atoms with Crippen molar-refractivity contribution in [2.45, 2.75) is 19.5 Å².